The first kappa shape index (κ1) is 17.5. The van der Waals surface area contributed by atoms with Gasteiger partial charge in [0, 0.05) is 30.6 Å². The van der Waals surface area contributed by atoms with Crippen LogP contribution in [0.5, 0.6) is 0 Å². The average Bonchev–Trinajstić information content (AvgIpc) is 3.15. The number of benzene rings is 1. The first-order chi connectivity index (χ1) is 11.4. The highest BCUT2D eigenvalue weighted by molar-refractivity contribution is 7.90. The van der Waals surface area contributed by atoms with Crippen LogP contribution in [0.2, 0.25) is 0 Å². The fraction of sp³-hybridized carbons (Fsp3) is 0.357. The molecule has 0 unspecified atom stereocenters. The van der Waals surface area contributed by atoms with E-state index in [-0.39, 0.29) is 23.7 Å². The Morgan fingerprint density at radius 1 is 1.25 bits per heavy atom. The lowest BCUT2D eigenvalue weighted by Crippen LogP contribution is -2.35. The maximum Gasteiger partial charge on any atom is 0.243 e. The van der Waals surface area contributed by atoms with Gasteiger partial charge in [0.15, 0.2) is 0 Å². The van der Waals surface area contributed by atoms with Crippen molar-refractivity contribution in [2.75, 3.05) is 25.4 Å². The van der Waals surface area contributed by atoms with Crippen molar-refractivity contribution in [2.24, 2.45) is 0 Å². The van der Waals surface area contributed by atoms with Crippen LogP contribution in [-0.4, -0.2) is 50.9 Å². The van der Waals surface area contributed by atoms with Crippen LogP contribution in [-0.2, 0) is 20.0 Å². The minimum atomic E-state index is -3.75. The van der Waals surface area contributed by atoms with E-state index in [9.17, 15) is 16.8 Å². The minimum Gasteiger partial charge on any atom is -0.212 e. The monoisotopic (exact) mass is 387 g/mol. The van der Waals surface area contributed by atoms with E-state index in [1.165, 1.54) is 9.69 Å². The first-order valence-corrected chi connectivity index (χ1v) is 11.3. The first-order valence-electron chi connectivity index (χ1n) is 7.37. The van der Waals surface area contributed by atoms with Crippen molar-refractivity contribution in [1.29, 1.82) is 0 Å². The quantitative estimate of drug-likeness (QED) is 0.801. The Bertz CT molecular complexity index is 908. The molecule has 1 aliphatic rings. The average molecular weight is 388 g/mol. The Kier molecular flexibility index (Phi) is 5.02. The zero-order valence-electron chi connectivity index (χ0n) is 12.8. The van der Waals surface area contributed by atoms with Crippen LogP contribution in [0.25, 0.3) is 11.3 Å². The number of rotatable bonds is 6. The summed E-state index contributed by atoms with van der Waals surface area (Å²) >= 11 is 1.07. The Hall–Kier alpha value is -1.33. The van der Waals surface area contributed by atoms with E-state index < -0.39 is 20.0 Å². The predicted octanol–water partition coefficient (Wildman–Crippen LogP) is 1.12. The van der Waals surface area contributed by atoms with Crippen LogP contribution in [0.15, 0.2) is 40.6 Å². The molecule has 1 fully saturated rings. The van der Waals surface area contributed by atoms with Crippen LogP contribution in [0.4, 0.5) is 0 Å². The fourth-order valence-electron chi connectivity index (χ4n) is 2.53. The molecule has 0 aliphatic carbocycles. The van der Waals surface area contributed by atoms with Crippen molar-refractivity contribution in [1.82, 2.24) is 13.4 Å². The molecule has 0 saturated carbocycles. The van der Waals surface area contributed by atoms with Gasteiger partial charge in [-0.3, -0.25) is 0 Å². The highest BCUT2D eigenvalue weighted by Gasteiger charge is 2.28. The molecule has 1 saturated heterocycles. The summed E-state index contributed by atoms with van der Waals surface area (Å²) < 4.78 is 56.4. The van der Waals surface area contributed by atoms with Gasteiger partial charge >= 0.3 is 0 Å². The minimum absolute atomic E-state index is 0.0334. The van der Waals surface area contributed by atoms with Crippen LogP contribution < -0.4 is 4.72 Å². The second-order valence-corrected chi connectivity index (χ2v) is 9.81. The van der Waals surface area contributed by atoms with Crippen molar-refractivity contribution >= 4 is 31.6 Å². The standard InChI is InChI=1S/C14H17N3O4S3/c18-23(19)10-4-8-17(23)9-7-15-24(20,21)13-11-22-16-14(13)12-5-2-1-3-6-12/h1-3,5-6,11,15H,4,7-10H2. The predicted molar refractivity (Wildman–Crippen MR) is 92.7 cm³/mol. The van der Waals surface area contributed by atoms with Crippen molar-refractivity contribution in [3.05, 3.63) is 35.7 Å². The molecule has 0 amide bonds. The summed E-state index contributed by atoms with van der Waals surface area (Å²) in [5.41, 5.74) is 1.13. The topological polar surface area (TPSA) is 96.4 Å². The molecule has 7 nitrogen and oxygen atoms in total. The molecule has 130 valence electrons. The summed E-state index contributed by atoms with van der Waals surface area (Å²) in [5, 5.41) is 1.48. The number of hydrogen-bond acceptors (Lipinski definition) is 6. The third-order valence-corrected chi connectivity index (χ3v) is 7.94. The van der Waals surface area contributed by atoms with E-state index in [1.807, 2.05) is 18.2 Å². The summed E-state index contributed by atoms with van der Waals surface area (Å²) in [6.07, 6.45) is 0.585. The summed E-state index contributed by atoms with van der Waals surface area (Å²) in [4.78, 5) is 0.114. The molecular formula is C14H17N3O4S3. The third kappa shape index (κ3) is 3.67. The normalized spacial score (nSPS) is 18.0. The smallest absolute Gasteiger partial charge is 0.212 e. The molecule has 1 aromatic heterocycles. The van der Waals surface area contributed by atoms with Gasteiger partial charge < -0.3 is 0 Å². The van der Waals surface area contributed by atoms with Crippen LogP contribution >= 0.6 is 11.5 Å². The second-order valence-electron chi connectivity index (χ2n) is 5.36. The Balaban J connectivity index is 1.72. The fourth-order valence-corrected chi connectivity index (χ4v) is 6.26. The lowest BCUT2D eigenvalue weighted by Gasteiger charge is -2.14. The number of nitrogens with zero attached hydrogens (tertiary/aromatic N) is 2. The van der Waals surface area contributed by atoms with Gasteiger partial charge in [0.2, 0.25) is 20.0 Å². The summed E-state index contributed by atoms with van der Waals surface area (Å²) in [5.74, 6) is 0.131. The van der Waals surface area contributed by atoms with Gasteiger partial charge in [-0.15, -0.1) is 0 Å². The van der Waals surface area contributed by atoms with E-state index in [4.69, 9.17) is 0 Å². The molecule has 2 aromatic rings. The van der Waals surface area contributed by atoms with E-state index in [0.717, 1.165) is 17.1 Å². The van der Waals surface area contributed by atoms with Crippen LogP contribution in [0.3, 0.4) is 0 Å². The number of hydrogen-bond donors (Lipinski definition) is 1. The van der Waals surface area contributed by atoms with Crippen molar-refractivity contribution in [3.63, 3.8) is 0 Å². The molecule has 1 aromatic carbocycles. The van der Waals surface area contributed by atoms with Gasteiger partial charge in [-0.1, -0.05) is 30.3 Å². The van der Waals surface area contributed by atoms with Crippen molar-refractivity contribution in [3.8, 4) is 11.3 Å². The molecule has 2 heterocycles. The highest BCUT2D eigenvalue weighted by Crippen LogP contribution is 2.27. The molecule has 0 atom stereocenters. The number of sulfonamides is 2. The summed E-state index contributed by atoms with van der Waals surface area (Å²) in [6, 6.07) is 9.07. The zero-order valence-corrected chi connectivity index (χ0v) is 15.2. The second kappa shape index (κ2) is 6.89. The zero-order chi connectivity index (χ0) is 17.2. The SMILES string of the molecule is O=S(=O)(NCCN1CCCS1(=O)=O)c1csnc1-c1ccccc1. The Labute approximate surface area is 145 Å². The van der Waals surface area contributed by atoms with Crippen molar-refractivity contribution in [2.45, 2.75) is 11.3 Å². The molecular weight excluding hydrogens is 370 g/mol. The third-order valence-electron chi connectivity index (χ3n) is 3.73. The lowest BCUT2D eigenvalue weighted by molar-refractivity contribution is 0.445. The van der Waals surface area contributed by atoms with E-state index in [2.05, 4.69) is 9.10 Å². The van der Waals surface area contributed by atoms with Crippen molar-refractivity contribution < 1.29 is 16.8 Å². The van der Waals surface area contributed by atoms with Crippen LogP contribution in [0, 0.1) is 0 Å². The molecule has 0 radical (unpaired) electrons. The van der Waals surface area contributed by atoms with E-state index in [0.29, 0.717) is 18.7 Å². The summed E-state index contributed by atoms with van der Waals surface area (Å²) in [7, 11) is -6.97. The van der Waals surface area contributed by atoms with Gasteiger partial charge in [-0.05, 0) is 18.0 Å². The maximum absolute atomic E-state index is 12.5. The number of aromatic nitrogens is 1. The summed E-state index contributed by atoms with van der Waals surface area (Å²) in [6.45, 7) is 0.616. The molecule has 3 rings (SSSR count). The Morgan fingerprint density at radius 3 is 2.67 bits per heavy atom. The molecule has 1 N–H and O–H groups in total. The molecule has 0 bridgehead atoms. The highest BCUT2D eigenvalue weighted by atomic mass is 32.2. The van der Waals surface area contributed by atoms with Gasteiger partial charge in [0.05, 0.1) is 5.75 Å². The Morgan fingerprint density at radius 2 is 2.00 bits per heavy atom. The molecule has 24 heavy (non-hydrogen) atoms. The maximum atomic E-state index is 12.5. The van der Waals surface area contributed by atoms with Gasteiger partial charge in [-0.2, -0.15) is 4.37 Å². The van der Waals surface area contributed by atoms with Gasteiger partial charge in [-0.25, -0.2) is 25.9 Å². The van der Waals surface area contributed by atoms with Gasteiger partial charge in [0.1, 0.15) is 10.6 Å². The van der Waals surface area contributed by atoms with Crippen LogP contribution in [0.1, 0.15) is 6.42 Å². The largest absolute Gasteiger partial charge is 0.243 e. The van der Waals surface area contributed by atoms with E-state index in [1.54, 1.807) is 12.1 Å². The lowest BCUT2D eigenvalue weighted by atomic mass is 10.2. The van der Waals surface area contributed by atoms with E-state index >= 15 is 0 Å². The number of nitrogens with one attached hydrogen (secondary N) is 1. The molecule has 1 aliphatic heterocycles. The molecule has 0 spiro atoms. The van der Waals surface area contributed by atoms with Gasteiger partial charge in [0.25, 0.3) is 0 Å². The molecule has 10 heteroatoms.